The third-order valence-electron chi connectivity index (χ3n) is 1.99. The van der Waals surface area contributed by atoms with Crippen LogP contribution in [0.1, 0.15) is 19.4 Å². The standard InChI is InChI=1S/C11H10BrN.C2H6/c12-9-10-3-5-11(6-4-10)13-7-1-2-8-13;1-2/h1-8H,9H2;1-2H3. The predicted molar refractivity (Wildman–Crippen MR) is 69.7 cm³/mol. The first kappa shape index (κ1) is 12.1. The molecule has 0 bridgehead atoms. The molecule has 15 heavy (non-hydrogen) atoms. The van der Waals surface area contributed by atoms with E-state index in [4.69, 9.17) is 0 Å². The molecular weight excluding hydrogens is 250 g/mol. The van der Waals surface area contributed by atoms with Gasteiger partial charge >= 0.3 is 0 Å². The monoisotopic (exact) mass is 265 g/mol. The van der Waals surface area contributed by atoms with Gasteiger partial charge in [0.1, 0.15) is 0 Å². The van der Waals surface area contributed by atoms with Crippen molar-refractivity contribution in [1.29, 1.82) is 0 Å². The van der Waals surface area contributed by atoms with E-state index >= 15 is 0 Å². The maximum atomic E-state index is 3.42. The van der Waals surface area contributed by atoms with Gasteiger partial charge in [0.15, 0.2) is 0 Å². The van der Waals surface area contributed by atoms with Crippen molar-refractivity contribution in [3.8, 4) is 5.69 Å². The summed E-state index contributed by atoms with van der Waals surface area (Å²) in [6.07, 6.45) is 4.09. The van der Waals surface area contributed by atoms with E-state index in [0.29, 0.717) is 0 Å². The number of alkyl halides is 1. The molecule has 1 nitrogen and oxygen atoms in total. The van der Waals surface area contributed by atoms with Gasteiger partial charge in [-0.2, -0.15) is 0 Å². The Hall–Kier alpha value is -1.02. The molecule has 2 rings (SSSR count). The number of aromatic nitrogens is 1. The topological polar surface area (TPSA) is 4.93 Å². The van der Waals surface area contributed by atoms with Gasteiger partial charge in [0.2, 0.25) is 0 Å². The van der Waals surface area contributed by atoms with Crippen molar-refractivity contribution < 1.29 is 0 Å². The van der Waals surface area contributed by atoms with Gasteiger partial charge in [0, 0.05) is 23.4 Å². The average molecular weight is 266 g/mol. The summed E-state index contributed by atoms with van der Waals surface area (Å²) in [5.41, 5.74) is 2.51. The first-order chi connectivity index (χ1) is 7.40. The van der Waals surface area contributed by atoms with E-state index in [0.717, 1.165) is 5.33 Å². The fourth-order valence-corrected chi connectivity index (χ4v) is 1.64. The normalized spacial score (nSPS) is 9.27. The Balaban J connectivity index is 0.000000531. The van der Waals surface area contributed by atoms with Crippen LogP contribution >= 0.6 is 15.9 Å². The third kappa shape index (κ3) is 3.24. The summed E-state index contributed by atoms with van der Waals surface area (Å²) in [4.78, 5) is 0. The molecule has 0 atom stereocenters. The fourth-order valence-electron chi connectivity index (χ4n) is 1.26. The van der Waals surface area contributed by atoms with Crippen LogP contribution in [0.5, 0.6) is 0 Å². The van der Waals surface area contributed by atoms with Crippen LogP contribution in [0.25, 0.3) is 5.69 Å². The lowest BCUT2D eigenvalue weighted by molar-refractivity contribution is 1.08. The molecule has 0 saturated carbocycles. The van der Waals surface area contributed by atoms with Crippen LogP contribution in [0.2, 0.25) is 0 Å². The van der Waals surface area contributed by atoms with E-state index < -0.39 is 0 Å². The highest BCUT2D eigenvalue weighted by Crippen LogP contribution is 2.11. The Morgan fingerprint density at radius 1 is 1.00 bits per heavy atom. The lowest BCUT2D eigenvalue weighted by Gasteiger charge is -2.02. The van der Waals surface area contributed by atoms with Crippen molar-refractivity contribution in [3.05, 3.63) is 54.4 Å². The largest absolute Gasteiger partial charge is 0.324 e. The third-order valence-corrected chi connectivity index (χ3v) is 2.64. The average Bonchev–Trinajstić information content (AvgIpc) is 2.85. The summed E-state index contributed by atoms with van der Waals surface area (Å²) in [7, 11) is 0. The summed E-state index contributed by atoms with van der Waals surface area (Å²) in [5.74, 6) is 0. The van der Waals surface area contributed by atoms with Crippen LogP contribution in [0, 0.1) is 0 Å². The van der Waals surface area contributed by atoms with Gasteiger partial charge in [-0.25, -0.2) is 0 Å². The molecule has 2 aromatic rings. The van der Waals surface area contributed by atoms with Crippen LogP contribution in [-0.4, -0.2) is 4.57 Å². The number of nitrogens with zero attached hydrogens (tertiary/aromatic N) is 1. The summed E-state index contributed by atoms with van der Waals surface area (Å²) in [6.45, 7) is 4.00. The first-order valence-corrected chi connectivity index (χ1v) is 6.30. The maximum absolute atomic E-state index is 3.42. The predicted octanol–water partition coefficient (Wildman–Crippen LogP) is 4.40. The highest BCUT2D eigenvalue weighted by molar-refractivity contribution is 9.08. The number of halogens is 1. The molecule has 0 fully saturated rings. The molecule has 0 aliphatic carbocycles. The van der Waals surface area contributed by atoms with Gasteiger partial charge in [-0.3, -0.25) is 0 Å². The van der Waals surface area contributed by atoms with Crippen molar-refractivity contribution >= 4 is 15.9 Å². The molecule has 2 heteroatoms. The Morgan fingerprint density at radius 3 is 2.00 bits per heavy atom. The van der Waals surface area contributed by atoms with Gasteiger partial charge in [-0.1, -0.05) is 41.9 Å². The molecular formula is C13H16BrN. The summed E-state index contributed by atoms with van der Waals surface area (Å²) >= 11 is 3.42. The number of hydrogen-bond acceptors (Lipinski definition) is 0. The Bertz CT molecular complexity index is 362. The van der Waals surface area contributed by atoms with E-state index in [-0.39, 0.29) is 0 Å². The quantitative estimate of drug-likeness (QED) is 0.710. The Morgan fingerprint density at radius 2 is 1.53 bits per heavy atom. The van der Waals surface area contributed by atoms with Crippen molar-refractivity contribution in [3.63, 3.8) is 0 Å². The molecule has 1 aromatic carbocycles. The highest BCUT2D eigenvalue weighted by atomic mass is 79.9. The molecule has 0 aliphatic rings. The minimum atomic E-state index is 0.916. The highest BCUT2D eigenvalue weighted by Gasteiger charge is 1.93. The molecule has 1 aromatic heterocycles. The first-order valence-electron chi connectivity index (χ1n) is 5.18. The maximum Gasteiger partial charge on any atom is 0.0449 e. The van der Waals surface area contributed by atoms with Crippen molar-refractivity contribution in [2.75, 3.05) is 0 Å². The Labute approximate surface area is 99.9 Å². The molecule has 0 unspecified atom stereocenters. The second kappa shape index (κ2) is 6.46. The summed E-state index contributed by atoms with van der Waals surface area (Å²) in [5, 5.41) is 0.916. The van der Waals surface area contributed by atoms with Crippen molar-refractivity contribution in [2.45, 2.75) is 19.2 Å². The lowest BCUT2D eigenvalue weighted by Crippen LogP contribution is -1.88. The smallest absolute Gasteiger partial charge is 0.0449 e. The number of hydrogen-bond donors (Lipinski definition) is 0. The van der Waals surface area contributed by atoms with Gasteiger partial charge in [0.25, 0.3) is 0 Å². The molecule has 0 aliphatic heterocycles. The second-order valence-electron chi connectivity index (χ2n) is 2.89. The van der Waals surface area contributed by atoms with Gasteiger partial charge in [0.05, 0.1) is 0 Å². The molecule has 0 spiro atoms. The second-order valence-corrected chi connectivity index (χ2v) is 3.45. The van der Waals surface area contributed by atoms with Crippen LogP contribution < -0.4 is 0 Å². The van der Waals surface area contributed by atoms with E-state index in [2.05, 4.69) is 44.8 Å². The van der Waals surface area contributed by atoms with Crippen molar-refractivity contribution in [1.82, 2.24) is 4.57 Å². The molecule has 0 amide bonds. The van der Waals surface area contributed by atoms with Gasteiger partial charge in [-0.15, -0.1) is 0 Å². The van der Waals surface area contributed by atoms with E-state index in [9.17, 15) is 0 Å². The fraction of sp³-hybridized carbons (Fsp3) is 0.231. The zero-order chi connectivity index (χ0) is 11.1. The Kier molecular flexibility index (Phi) is 5.19. The van der Waals surface area contributed by atoms with Gasteiger partial charge in [-0.05, 0) is 29.8 Å². The molecule has 0 radical (unpaired) electrons. The molecule has 80 valence electrons. The van der Waals surface area contributed by atoms with Gasteiger partial charge < -0.3 is 4.57 Å². The summed E-state index contributed by atoms with van der Waals surface area (Å²) < 4.78 is 2.10. The van der Waals surface area contributed by atoms with E-state index in [1.807, 2.05) is 38.4 Å². The van der Waals surface area contributed by atoms with E-state index in [1.54, 1.807) is 0 Å². The number of rotatable bonds is 2. The minimum Gasteiger partial charge on any atom is -0.324 e. The van der Waals surface area contributed by atoms with Crippen molar-refractivity contribution in [2.24, 2.45) is 0 Å². The molecule has 0 saturated heterocycles. The zero-order valence-corrected chi connectivity index (χ0v) is 10.7. The SMILES string of the molecule is BrCc1ccc(-n2cccc2)cc1.CC. The van der Waals surface area contributed by atoms with Crippen LogP contribution in [0.15, 0.2) is 48.8 Å². The minimum absolute atomic E-state index is 0.916. The van der Waals surface area contributed by atoms with Crippen LogP contribution in [-0.2, 0) is 5.33 Å². The van der Waals surface area contributed by atoms with E-state index in [1.165, 1.54) is 11.3 Å². The zero-order valence-electron chi connectivity index (χ0n) is 9.15. The van der Waals surface area contributed by atoms with Crippen LogP contribution in [0.4, 0.5) is 0 Å². The number of benzene rings is 1. The molecule has 0 N–H and O–H groups in total. The van der Waals surface area contributed by atoms with Crippen LogP contribution in [0.3, 0.4) is 0 Å². The lowest BCUT2D eigenvalue weighted by atomic mass is 10.2. The summed E-state index contributed by atoms with van der Waals surface area (Å²) in [6, 6.07) is 12.6. The molecule has 1 heterocycles.